The van der Waals surface area contributed by atoms with Crippen molar-refractivity contribution in [2.45, 2.75) is 46.1 Å². The van der Waals surface area contributed by atoms with E-state index in [4.69, 9.17) is 9.47 Å². The summed E-state index contributed by atoms with van der Waals surface area (Å²) in [6.45, 7) is 11.4. The van der Waals surface area contributed by atoms with E-state index in [0.29, 0.717) is 6.10 Å². The van der Waals surface area contributed by atoms with E-state index >= 15 is 0 Å². The molecule has 0 unspecified atom stereocenters. The Balaban J connectivity index is 2.13. The molecule has 0 amide bonds. The molecule has 0 atom stereocenters. The fourth-order valence-electron chi connectivity index (χ4n) is 1.84. The normalized spacial score (nSPS) is 18.9. The van der Waals surface area contributed by atoms with Crippen molar-refractivity contribution in [2.24, 2.45) is 5.41 Å². The van der Waals surface area contributed by atoms with Gasteiger partial charge in [0.1, 0.15) is 0 Å². The van der Waals surface area contributed by atoms with E-state index in [2.05, 4.69) is 26.1 Å². The zero-order chi connectivity index (χ0) is 11.9. The highest BCUT2D eigenvalue weighted by Crippen LogP contribution is 2.18. The molecule has 0 radical (unpaired) electrons. The van der Waals surface area contributed by atoms with E-state index in [1.807, 2.05) is 0 Å². The molecule has 3 nitrogen and oxygen atoms in total. The molecule has 0 aromatic carbocycles. The van der Waals surface area contributed by atoms with Gasteiger partial charge in [-0.15, -0.1) is 0 Å². The first-order chi connectivity index (χ1) is 7.64. The molecule has 0 aromatic rings. The maximum Gasteiger partial charge on any atom is 0.0619 e. The molecule has 1 aliphatic rings. The maximum atomic E-state index is 5.96. The molecule has 0 aliphatic carbocycles. The molecule has 1 heterocycles. The van der Waals surface area contributed by atoms with Gasteiger partial charge in [0, 0.05) is 25.2 Å². The summed E-state index contributed by atoms with van der Waals surface area (Å²) in [4.78, 5) is 0. The van der Waals surface area contributed by atoms with Crippen LogP contribution in [-0.2, 0) is 9.47 Å². The lowest BCUT2D eigenvalue weighted by atomic mass is 9.94. The summed E-state index contributed by atoms with van der Waals surface area (Å²) in [7, 11) is 0. The highest BCUT2D eigenvalue weighted by molar-refractivity contribution is 4.72. The van der Waals surface area contributed by atoms with Gasteiger partial charge in [-0.05, 0) is 25.8 Å². The predicted molar refractivity (Wildman–Crippen MR) is 66.7 cm³/mol. The molecule has 0 saturated carbocycles. The Morgan fingerprint density at radius 2 is 2.00 bits per heavy atom. The highest BCUT2D eigenvalue weighted by Gasteiger charge is 2.21. The van der Waals surface area contributed by atoms with Crippen molar-refractivity contribution in [1.82, 2.24) is 5.32 Å². The van der Waals surface area contributed by atoms with E-state index in [-0.39, 0.29) is 5.41 Å². The lowest BCUT2D eigenvalue weighted by molar-refractivity contribution is -0.0554. The number of hydrogen-bond acceptors (Lipinski definition) is 3. The SMILES string of the molecule is CCCNCC(C)(C)COC1CCOCC1. The zero-order valence-electron chi connectivity index (χ0n) is 11.1. The first-order valence-corrected chi connectivity index (χ1v) is 6.54. The van der Waals surface area contributed by atoms with Gasteiger partial charge >= 0.3 is 0 Å². The minimum atomic E-state index is 0.230. The average molecular weight is 229 g/mol. The zero-order valence-corrected chi connectivity index (χ0v) is 11.1. The first-order valence-electron chi connectivity index (χ1n) is 6.54. The van der Waals surface area contributed by atoms with E-state index in [1.54, 1.807) is 0 Å². The number of nitrogens with one attached hydrogen (secondary N) is 1. The molecule has 1 saturated heterocycles. The maximum absolute atomic E-state index is 5.96. The van der Waals surface area contributed by atoms with Crippen LogP contribution in [0.4, 0.5) is 0 Å². The monoisotopic (exact) mass is 229 g/mol. The minimum Gasteiger partial charge on any atom is -0.381 e. The lowest BCUT2D eigenvalue weighted by Crippen LogP contribution is -2.36. The van der Waals surface area contributed by atoms with Crippen LogP contribution in [0, 0.1) is 5.41 Å². The fraction of sp³-hybridized carbons (Fsp3) is 1.00. The van der Waals surface area contributed by atoms with Crippen LogP contribution in [0.15, 0.2) is 0 Å². The van der Waals surface area contributed by atoms with Crippen LogP contribution in [0.3, 0.4) is 0 Å². The summed E-state index contributed by atoms with van der Waals surface area (Å²) in [6.07, 6.45) is 3.72. The summed E-state index contributed by atoms with van der Waals surface area (Å²) in [5.74, 6) is 0. The van der Waals surface area contributed by atoms with Gasteiger partial charge in [-0.25, -0.2) is 0 Å². The summed E-state index contributed by atoms with van der Waals surface area (Å²) >= 11 is 0. The summed E-state index contributed by atoms with van der Waals surface area (Å²) in [6, 6.07) is 0. The molecule has 16 heavy (non-hydrogen) atoms. The molecule has 0 aromatic heterocycles. The van der Waals surface area contributed by atoms with Crippen molar-refractivity contribution in [3.8, 4) is 0 Å². The van der Waals surface area contributed by atoms with E-state index in [0.717, 1.165) is 45.8 Å². The van der Waals surface area contributed by atoms with Gasteiger partial charge in [0.25, 0.3) is 0 Å². The smallest absolute Gasteiger partial charge is 0.0619 e. The van der Waals surface area contributed by atoms with Crippen molar-refractivity contribution >= 4 is 0 Å². The third kappa shape index (κ3) is 5.83. The molecule has 0 spiro atoms. The molecule has 1 rings (SSSR count). The van der Waals surface area contributed by atoms with Crippen LogP contribution in [0.1, 0.15) is 40.0 Å². The Morgan fingerprint density at radius 3 is 2.62 bits per heavy atom. The Bertz CT molecular complexity index is 177. The number of hydrogen-bond donors (Lipinski definition) is 1. The minimum absolute atomic E-state index is 0.230. The highest BCUT2D eigenvalue weighted by atomic mass is 16.5. The summed E-state index contributed by atoms with van der Waals surface area (Å²) in [5.41, 5.74) is 0.230. The van der Waals surface area contributed by atoms with Gasteiger partial charge in [-0.2, -0.15) is 0 Å². The first kappa shape index (κ1) is 13.9. The molecule has 0 bridgehead atoms. The van der Waals surface area contributed by atoms with Crippen LogP contribution in [0.5, 0.6) is 0 Å². The summed E-state index contributed by atoms with van der Waals surface area (Å²) < 4.78 is 11.3. The Morgan fingerprint density at radius 1 is 1.31 bits per heavy atom. The van der Waals surface area contributed by atoms with Gasteiger partial charge in [0.15, 0.2) is 0 Å². The second-order valence-electron chi connectivity index (χ2n) is 5.46. The average Bonchev–Trinajstić information content (AvgIpc) is 2.28. The van der Waals surface area contributed by atoms with Gasteiger partial charge in [-0.3, -0.25) is 0 Å². The standard InChI is InChI=1S/C13H27NO2/c1-4-7-14-10-13(2,3)11-16-12-5-8-15-9-6-12/h12,14H,4-11H2,1-3H3. The van der Waals surface area contributed by atoms with E-state index in [9.17, 15) is 0 Å². The molecule has 3 heteroatoms. The van der Waals surface area contributed by atoms with E-state index < -0.39 is 0 Å². The Kier molecular flexibility index (Phi) is 6.32. The molecule has 96 valence electrons. The van der Waals surface area contributed by atoms with Crippen molar-refractivity contribution in [3.63, 3.8) is 0 Å². The second kappa shape index (κ2) is 7.25. The van der Waals surface area contributed by atoms with Crippen molar-refractivity contribution in [1.29, 1.82) is 0 Å². The number of ether oxygens (including phenoxy) is 2. The van der Waals surface area contributed by atoms with Crippen LogP contribution in [0.2, 0.25) is 0 Å². The number of rotatable bonds is 7. The topological polar surface area (TPSA) is 30.5 Å². The molecule has 1 N–H and O–H groups in total. The largest absolute Gasteiger partial charge is 0.381 e. The van der Waals surface area contributed by atoms with Gasteiger partial charge in [0.2, 0.25) is 0 Å². The molecule has 1 fully saturated rings. The Hall–Kier alpha value is -0.120. The van der Waals surface area contributed by atoms with Crippen LogP contribution in [-0.4, -0.2) is 39.0 Å². The lowest BCUT2D eigenvalue weighted by Gasteiger charge is -2.29. The van der Waals surface area contributed by atoms with Crippen molar-refractivity contribution in [3.05, 3.63) is 0 Å². The van der Waals surface area contributed by atoms with Crippen LogP contribution < -0.4 is 5.32 Å². The third-order valence-electron chi connectivity index (χ3n) is 2.91. The fourth-order valence-corrected chi connectivity index (χ4v) is 1.84. The van der Waals surface area contributed by atoms with Crippen LogP contribution in [0.25, 0.3) is 0 Å². The van der Waals surface area contributed by atoms with Crippen molar-refractivity contribution < 1.29 is 9.47 Å². The molecule has 1 aliphatic heterocycles. The second-order valence-corrected chi connectivity index (χ2v) is 5.46. The van der Waals surface area contributed by atoms with Gasteiger partial charge in [-0.1, -0.05) is 20.8 Å². The van der Waals surface area contributed by atoms with Gasteiger partial charge < -0.3 is 14.8 Å². The van der Waals surface area contributed by atoms with Crippen LogP contribution >= 0.6 is 0 Å². The van der Waals surface area contributed by atoms with E-state index in [1.165, 1.54) is 6.42 Å². The summed E-state index contributed by atoms with van der Waals surface area (Å²) in [5, 5.41) is 3.46. The molecular weight excluding hydrogens is 202 g/mol. The Labute approximate surface area is 99.9 Å². The van der Waals surface area contributed by atoms with Crippen molar-refractivity contribution in [2.75, 3.05) is 32.9 Å². The molecular formula is C13H27NO2. The third-order valence-corrected chi connectivity index (χ3v) is 2.91. The van der Waals surface area contributed by atoms with Gasteiger partial charge in [0.05, 0.1) is 12.7 Å². The quantitative estimate of drug-likeness (QED) is 0.679. The predicted octanol–water partition coefficient (Wildman–Crippen LogP) is 2.21.